The molecule has 6 nitrogen and oxygen atoms in total. The Bertz CT molecular complexity index is 769. The van der Waals surface area contributed by atoms with Crippen molar-refractivity contribution in [1.82, 2.24) is 14.8 Å². The number of carbonyl (C=O) groups excluding carboxylic acids is 1. The van der Waals surface area contributed by atoms with Crippen LogP contribution in [0, 0.1) is 0 Å². The molecule has 0 aliphatic heterocycles. The number of benzene rings is 1. The van der Waals surface area contributed by atoms with E-state index < -0.39 is 11.1 Å². The Kier molecular flexibility index (Phi) is 4.41. The van der Waals surface area contributed by atoms with E-state index in [1.54, 1.807) is 24.3 Å². The molecule has 0 aliphatic carbocycles. The van der Waals surface area contributed by atoms with Gasteiger partial charge in [0.1, 0.15) is 0 Å². The van der Waals surface area contributed by atoms with Crippen LogP contribution >= 0.6 is 23.4 Å². The monoisotopic (exact) mass is 311 g/mol. The third-order valence-electron chi connectivity index (χ3n) is 2.45. The first-order valence-electron chi connectivity index (χ1n) is 5.57. The third kappa shape index (κ3) is 3.17. The molecule has 0 saturated carbocycles. The third-order valence-corrected chi connectivity index (χ3v) is 3.81. The summed E-state index contributed by atoms with van der Waals surface area (Å²) in [6, 6.07) is 6.72. The summed E-state index contributed by atoms with van der Waals surface area (Å²) in [4.78, 5) is 37.8. The van der Waals surface area contributed by atoms with Gasteiger partial charge in [0.15, 0.2) is 10.9 Å². The van der Waals surface area contributed by atoms with Crippen molar-refractivity contribution in [3.8, 4) is 0 Å². The van der Waals surface area contributed by atoms with E-state index in [0.717, 1.165) is 11.8 Å². The van der Waals surface area contributed by atoms with Crippen LogP contribution in [-0.4, -0.2) is 26.3 Å². The van der Waals surface area contributed by atoms with Gasteiger partial charge in [-0.1, -0.05) is 35.5 Å². The first kappa shape index (κ1) is 14.5. The van der Waals surface area contributed by atoms with Crippen molar-refractivity contribution in [3.63, 3.8) is 0 Å². The molecule has 0 atom stereocenters. The minimum absolute atomic E-state index is 0.0655. The lowest BCUT2D eigenvalue weighted by Gasteiger charge is -2.06. The molecule has 0 spiro atoms. The molecule has 0 amide bonds. The van der Waals surface area contributed by atoms with Crippen LogP contribution in [0.25, 0.3) is 0 Å². The number of H-pyrrole nitrogens is 1. The van der Waals surface area contributed by atoms with E-state index in [0.29, 0.717) is 10.6 Å². The number of aryl methyl sites for hydroxylation is 1. The smallest absolute Gasteiger partial charge is 0.293 e. The maximum Gasteiger partial charge on any atom is 0.339 e. The Morgan fingerprint density at radius 2 is 2.10 bits per heavy atom. The van der Waals surface area contributed by atoms with E-state index in [1.807, 2.05) is 0 Å². The van der Waals surface area contributed by atoms with Gasteiger partial charge in [0.25, 0.3) is 0 Å². The number of hydrogen-bond donors (Lipinski definition) is 1. The predicted molar refractivity (Wildman–Crippen MR) is 76.6 cm³/mol. The van der Waals surface area contributed by atoms with Gasteiger partial charge in [-0.15, -0.1) is 0 Å². The summed E-state index contributed by atoms with van der Waals surface area (Å²) in [7, 11) is 1.54. The maximum absolute atomic E-state index is 12.0. The second-order valence-corrected chi connectivity index (χ2v) is 5.24. The highest BCUT2D eigenvalue weighted by atomic mass is 35.5. The second kappa shape index (κ2) is 6.06. The predicted octanol–water partition coefficient (Wildman–Crippen LogP) is 1.10. The number of thioether (sulfide) groups is 1. The SMILES string of the molecule is Cn1[nH]c(=O)c(=O)nc1SCC(=O)c1ccccc1Cl. The molecule has 1 aromatic carbocycles. The van der Waals surface area contributed by atoms with Gasteiger partial charge in [0, 0.05) is 12.6 Å². The maximum atomic E-state index is 12.0. The molecule has 0 radical (unpaired) electrons. The number of halogens is 1. The van der Waals surface area contributed by atoms with E-state index in [-0.39, 0.29) is 16.7 Å². The number of rotatable bonds is 4. The van der Waals surface area contributed by atoms with Gasteiger partial charge in [-0.25, -0.2) is 0 Å². The fraction of sp³-hybridized carbons (Fsp3) is 0.167. The molecule has 1 aromatic heterocycles. The van der Waals surface area contributed by atoms with E-state index in [9.17, 15) is 14.4 Å². The second-order valence-electron chi connectivity index (χ2n) is 3.89. The summed E-state index contributed by atoms with van der Waals surface area (Å²) in [5.74, 6) is -0.114. The fourth-order valence-corrected chi connectivity index (χ4v) is 2.53. The van der Waals surface area contributed by atoms with Crippen LogP contribution in [0.5, 0.6) is 0 Å². The average molecular weight is 312 g/mol. The average Bonchev–Trinajstić information content (AvgIpc) is 2.41. The van der Waals surface area contributed by atoms with Gasteiger partial charge in [-0.2, -0.15) is 4.98 Å². The largest absolute Gasteiger partial charge is 0.339 e. The first-order chi connectivity index (χ1) is 9.49. The lowest BCUT2D eigenvalue weighted by atomic mass is 10.1. The number of carbonyl (C=O) groups is 1. The fourth-order valence-electron chi connectivity index (χ4n) is 1.48. The normalized spacial score (nSPS) is 10.5. The standard InChI is InChI=1S/C12H10ClN3O3S/c1-16-12(14-10(18)11(19)15-16)20-6-9(17)7-4-2-3-5-8(7)13/h2-5H,6H2,1H3,(H,15,19). The summed E-state index contributed by atoms with van der Waals surface area (Å²) in [6.07, 6.45) is 0. The first-order valence-corrected chi connectivity index (χ1v) is 6.93. The summed E-state index contributed by atoms with van der Waals surface area (Å²) >= 11 is 6.98. The van der Waals surface area contributed by atoms with Crippen LogP contribution < -0.4 is 11.1 Å². The number of Topliss-reactive ketones (excluding diaryl/α,β-unsaturated/α-hetero) is 1. The number of nitrogens with one attached hydrogen (secondary N) is 1. The van der Waals surface area contributed by atoms with Gasteiger partial charge in [-0.05, 0) is 12.1 Å². The molecule has 0 unspecified atom stereocenters. The van der Waals surface area contributed by atoms with Crippen molar-refractivity contribution >= 4 is 29.1 Å². The Labute approximate surface area is 122 Å². The van der Waals surface area contributed by atoms with Crippen molar-refractivity contribution in [3.05, 3.63) is 55.6 Å². The quantitative estimate of drug-likeness (QED) is 0.519. The molecule has 0 aliphatic rings. The van der Waals surface area contributed by atoms with Crippen LogP contribution in [0.4, 0.5) is 0 Å². The van der Waals surface area contributed by atoms with Crippen molar-refractivity contribution in [2.24, 2.45) is 7.05 Å². The Balaban J connectivity index is 2.16. The van der Waals surface area contributed by atoms with E-state index in [2.05, 4.69) is 10.1 Å². The van der Waals surface area contributed by atoms with Crippen LogP contribution in [0.2, 0.25) is 5.02 Å². The lowest BCUT2D eigenvalue weighted by Crippen LogP contribution is -2.34. The summed E-state index contributed by atoms with van der Waals surface area (Å²) < 4.78 is 1.30. The van der Waals surface area contributed by atoms with E-state index in [1.165, 1.54) is 11.7 Å². The lowest BCUT2D eigenvalue weighted by molar-refractivity contribution is 0.102. The zero-order valence-corrected chi connectivity index (χ0v) is 12.0. The van der Waals surface area contributed by atoms with Crippen LogP contribution in [0.15, 0.2) is 39.0 Å². The van der Waals surface area contributed by atoms with Crippen molar-refractivity contribution in [2.75, 3.05) is 5.75 Å². The molecule has 8 heteroatoms. The highest BCUT2D eigenvalue weighted by Gasteiger charge is 2.12. The molecule has 2 rings (SSSR count). The Hall–Kier alpha value is -1.86. The highest BCUT2D eigenvalue weighted by molar-refractivity contribution is 7.99. The zero-order valence-electron chi connectivity index (χ0n) is 10.4. The van der Waals surface area contributed by atoms with Crippen LogP contribution in [0.3, 0.4) is 0 Å². The zero-order chi connectivity index (χ0) is 14.7. The molecule has 1 heterocycles. The molecule has 0 bridgehead atoms. The van der Waals surface area contributed by atoms with Gasteiger partial charge >= 0.3 is 11.1 Å². The van der Waals surface area contributed by atoms with Gasteiger partial charge in [-0.3, -0.25) is 24.2 Å². The number of hydrogen-bond acceptors (Lipinski definition) is 5. The molecular formula is C12H10ClN3O3S. The number of nitrogens with zero attached hydrogens (tertiary/aromatic N) is 2. The van der Waals surface area contributed by atoms with Crippen molar-refractivity contribution < 1.29 is 4.79 Å². The minimum atomic E-state index is -0.879. The molecule has 0 fully saturated rings. The molecule has 1 N–H and O–H groups in total. The molecule has 20 heavy (non-hydrogen) atoms. The number of aromatic nitrogens is 3. The van der Waals surface area contributed by atoms with Crippen LogP contribution in [-0.2, 0) is 7.05 Å². The number of ketones is 1. The van der Waals surface area contributed by atoms with Gasteiger partial charge in [0.2, 0.25) is 0 Å². The Morgan fingerprint density at radius 1 is 1.40 bits per heavy atom. The van der Waals surface area contributed by atoms with E-state index >= 15 is 0 Å². The van der Waals surface area contributed by atoms with Crippen molar-refractivity contribution in [1.29, 1.82) is 0 Å². The van der Waals surface area contributed by atoms with Gasteiger partial charge < -0.3 is 0 Å². The Morgan fingerprint density at radius 3 is 2.80 bits per heavy atom. The summed E-state index contributed by atoms with van der Waals surface area (Å²) in [6.45, 7) is 0. The van der Waals surface area contributed by atoms with Gasteiger partial charge in [0.05, 0.1) is 10.8 Å². The van der Waals surface area contributed by atoms with E-state index in [4.69, 9.17) is 11.6 Å². The highest BCUT2D eigenvalue weighted by Crippen LogP contribution is 2.19. The summed E-state index contributed by atoms with van der Waals surface area (Å²) in [5, 5.41) is 2.95. The van der Waals surface area contributed by atoms with Crippen LogP contribution in [0.1, 0.15) is 10.4 Å². The topological polar surface area (TPSA) is 84.8 Å². The molecule has 2 aromatic rings. The number of aromatic amines is 1. The van der Waals surface area contributed by atoms with Crippen molar-refractivity contribution in [2.45, 2.75) is 5.16 Å². The summed E-state index contributed by atoms with van der Waals surface area (Å²) in [5.41, 5.74) is -1.26. The molecule has 104 valence electrons. The minimum Gasteiger partial charge on any atom is -0.293 e. The molecular weight excluding hydrogens is 302 g/mol. The molecule has 0 saturated heterocycles.